The number of hydrogen-bond donors (Lipinski definition) is 2. The van der Waals surface area contributed by atoms with Crippen LogP contribution in [-0.2, 0) is 14.8 Å². The lowest BCUT2D eigenvalue weighted by Crippen LogP contribution is -2.45. The lowest BCUT2D eigenvalue weighted by Gasteiger charge is -2.15. The summed E-state index contributed by atoms with van der Waals surface area (Å²) in [6.45, 7) is 1.71. The Kier molecular flexibility index (Phi) is 5.22. The summed E-state index contributed by atoms with van der Waals surface area (Å²) in [5.41, 5.74) is -0.367. The third kappa shape index (κ3) is 3.43. The van der Waals surface area contributed by atoms with Crippen LogP contribution in [-0.4, -0.2) is 25.0 Å². The molecule has 2 aromatic carbocycles. The van der Waals surface area contributed by atoms with E-state index < -0.39 is 39.2 Å². The minimum Gasteiger partial charge on any atom is -0.480 e. The predicted molar refractivity (Wildman–Crippen MR) is 114 cm³/mol. The van der Waals surface area contributed by atoms with Gasteiger partial charge in [-0.15, -0.1) is 11.3 Å². The molecule has 0 spiro atoms. The van der Waals surface area contributed by atoms with Gasteiger partial charge in [0.15, 0.2) is 0 Å². The Morgan fingerprint density at radius 1 is 1.17 bits per heavy atom. The van der Waals surface area contributed by atoms with Crippen LogP contribution in [0.4, 0.5) is 4.39 Å². The molecule has 0 saturated heterocycles. The molecule has 0 radical (unpaired) electrons. The minimum absolute atomic E-state index is 0.0251. The molecule has 0 bridgehead atoms. The quantitative estimate of drug-likeness (QED) is 0.550. The van der Waals surface area contributed by atoms with Crippen molar-refractivity contribution in [3.63, 3.8) is 0 Å². The highest BCUT2D eigenvalue weighted by Gasteiger charge is 2.70. The van der Waals surface area contributed by atoms with E-state index in [9.17, 15) is 22.7 Å². The third-order valence-corrected chi connectivity index (χ3v) is 8.88. The van der Waals surface area contributed by atoms with E-state index in [1.165, 1.54) is 18.2 Å². The summed E-state index contributed by atoms with van der Waals surface area (Å²) in [6, 6.07) is 16.1. The summed E-state index contributed by atoms with van der Waals surface area (Å²) in [5, 5.41) is 9.85. The van der Waals surface area contributed by atoms with E-state index >= 15 is 0 Å². The van der Waals surface area contributed by atoms with Gasteiger partial charge in [0.2, 0.25) is 0 Å². The zero-order chi connectivity index (χ0) is 21.7. The Bertz CT molecular complexity index is 1230. The topological polar surface area (TPSA) is 83.5 Å². The zero-order valence-electron chi connectivity index (χ0n) is 15.7. The molecule has 1 unspecified atom stereocenters. The Hall–Kier alpha value is -2.26. The van der Waals surface area contributed by atoms with E-state index in [0.717, 1.165) is 16.9 Å². The van der Waals surface area contributed by atoms with Gasteiger partial charge in [-0.1, -0.05) is 54.9 Å². The van der Waals surface area contributed by atoms with Crippen LogP contribution in [0.25, 0.3) is 10.4 Å². The van der Waals surface area contributed by atoms with Gasteiger partial charge in [-0.2, -0.15) is 4.72 Å². The number of rotatable bonds is 6. The standard InChI is InChI=1S/C21H17ClFNO4S2/c1-12-19(13-5-3-2-4-6-13)21(12,20(25)26)24-30(27,28)18-10-9-17(29-18)14-7-8-15(22)16(23)11-14/h2-12,19,24H,1H3,(H,25,26)/t12?,19-,21-/m0/s1. The van der Waals surface area contributed by atoms with Gasteiger partial charge in [0, 0.05) is 10.8 Å². The van der Waals surface area contributed by atoms with Crippen molar-refractivity contribution < 1.29 is 22.7 Å². The van der Waals surface area contributed by atoms with Crippen molar-refractivity contribution in [3.8, 4) is 10.4 Å². The fraction of sp³-hybridized carbons (Fsp3) is 0.190. The number of nitrogens with one attached hydrogen (secondary N) is 1. The SMILES string of the molecule is CC1[C@@H](c2ccccc2)[C@]1(NS(=O)(=O)c1ccc(-c2ccc(Cl)c(F)c2)s1)C(=O)O. The lowest BCUT2D eigenvalue weighted by molar-refractivity contribution is -0.140. The van der Waals surface area contributed by atoms with Crippen LogP contribution in [0.2, 0.25) is 5.02 Å². The predicted octanol–water partition coefficient (Wildman–Crippen LogP) is 4.74. The molecule has 156 valence electrons. The molecule has 1 saturated carbocycles. The van der Waals surface area contributed by atoms with Crippen molar-refractivity contribution in [2.75, 3.05) is 0 Å². The second kappa shape index (κ2) is 7.46. The van der Waals surface area contributed by atoms with Crippen molar-refractivity contribution >= 4 is 38.9 Å². The number of carbonyl (C=O) groups is 1. The first kappa shape index (κ1) is 21.0. The van der Waals surface area contributed by atoms with Crippen molar-refractivity contribution in [2.24, 2.45) is 5.92 Å². The molecule has 3 aromatic rings. The number of thiophene rings is 1. The molecule has 0 amide bonds. The largest absolute Gasteiger partial charge is 0.480 e. The van der Waals surface area contributed by atoms with E-state index in [2.05, 4.69) is 4.72 Å². The van der Waals surface area contributed by atoms with Crippen LogP contribution in [0.15, 0.2) is 64.9 Å². The number of carboxylic acids is 1. The van der Waals surface area contributed by atoms with Crippen LogP contribution in [0.3, 0.4) is 0 Å². The first-order valence-electron chi connectivity index (χ1n) is 9.04. The summed E-state index contributed by atoms with van der Waals surface area (Å²) < 4.78 is 42.2. The highest BCUT2D eigenvalue weighted by atomic mass is 35.5. The van der Waals surface area contributed by atoms with Crippen molar-refractivity contribution in [1.29, 1.82) is 0 Å². The van der Waals surface area contributed by atoms with Gasteiger partial charge in [-0.25, -0.2) is 12.8 Å². The van der Waals surface area contributed by atoms with Crippen LogP contribution >= 0.6 is 22.9 Å². The molecule has 1 heterocycles. The van der Waals surface area contributed by atoms with Crippen molar-refractivity contribution in [1.82, 2.24) is 4.72 Å². The number of carboxylic acid groups (broad SMARTS) is 1. The smallest absolute Gasteiger partial charge is 0.325 e. The summed E-state index contributed by atoms with van der Waals surface area (Å²) in [5.74, 6) is -2.72. The maximum Gasteiger partial charge on any atom is 0.325 e. The monoisotopic (exact) mass is 465 g/mol. The van der Waals surface area contributed by atoms with Gasteiger partial charge in [0.1, 0.15) is 15.6 Å². The molecular formula is C21H17ClFNO4S2. The Morgan fingerprint density at radius 3 is 2.50 bits per heavy atom. The fourth-order valence-electron chi connectivity index (χ4n) is 3.84. The van der Waals surface area contributed by atoms with Gasteiger partial charge in [0.25, 0.3) is 10.0 Å². The third-order valence-electron chi connectivity index (χ3n) is 5.47. The second-order valence-corrected chi connectivity index (χ2v) is 10.6. The average molecular weight is 466 g/mol. The molecule has 1 aliphatic rings. The molecular weight excluding hydrogens is 449 g/mol. The summed E-state index contributed by atoms with van der Waals surface area (Å²) >= 11 is 6.63. The van der Waals surface area contributed by atoms with Gasteiger partial charge >= 0.3 is 5.97 Å². The first-order valence-corrected chi connectivity index (χ1v) is 11.7. The molecule has 2 N–H and O–H groups in total. The molecule has 30 heavy (non-hydrogen) atoms. The maximum atomic E-state index is 13.7. The maximum absolute atomic E-state index is 13.7. The van der Waals surface area contributed by atoms with E-state index in [1.807, 2.05) is 6.07 Å². The Balaban J connectivity index is 1.65. The second-order valence-electron chi connectivity index (χ2n) is 7.20. The van der Waals surface area contributed by atoms with E-state index in [4.69, 9.17) is 11.6 Å². The minimum atomic E-state index is -4.11. The molecule has 1 aliphatic carbocycles. The van der Waals surface area contributed by atoms with Crippen molar-refractivity contribution in [2.45, 2.75) is 22.6 Å². The molecule has 9 heteroatoms. The Labute approximate surface area is 182 Å². The summed E-state index contributed by atoms with van der Waals surface area (Å²) in [6.07, 6.45) is 0. The number of hydrogen-bond acceptors (Lipinski definition) is 4. The molecule has 4 rings (SSSR count). The number of sulfonamides is 1. The van der Waals surface area contributed by atoms with E-state index in [0.29, 0.717) is 10.4 Å². The van der Waals surface area contributed by atoms with Crippen LogP contribution in [0.1, 0.15) is 18.4 Å². The summed E-state index contributed by atoms with van der Waals surface area (Å²) in [7, 11) is -4.11. The molecule has 1 aromatic heterocycles. The lowest BCUT2D eigenvalue weighted by atomic mass is 10.1. The molecule has 0 aliphatic heterocycles. The fourth-order valence-corrected chi connectivity index (χ4v) is 6.72. The van der Waals surface area contributed by atoms with Gasteiger partial charge in [-0.05, 0) is 41.3 Å². The zero-order valence-corrected chi connectivity index (χ0v) is 18.1. The Morgan fingerprint density at radius 2 is 1.87 bits per heavy atom. The van der Waals surface area contributed by atoms with E-state index in [-0.39, 0.29) is 9.23 Å². The van der Waals surface area contributed by atoms with Crippen molar-refractivity contribution in [3.05, 3.63) is 77.1 Å². The molecule has 5 nitrogen and oxygen atoms in total. The van der Waals surface area contributed by atoms with Crippen LogP contribution in [0.5, 0.6) is 0 Å². The summed E-state index contributed by atoms with van der Waals surface area (Å²) in [4.78, 5) is 12.6. The van der Waals surface area contributed by atoms with Crippen LogP contribution in [0, 0.1) is 11.7 Å². The molecule has 3 atom stereocenters. The number of benzene rings is 2. The number of aliphatic carboxylic acids is 1. The number of halogens is 2. The highest BCUT2D eigenvalue weighted by Crippen LogP contribution is 2.58. The van der Waals surface area contributed by atoms with E-state index in [1.54, 1.807) is 43.3 Å². The average Bonchev–Trinajstić information content (AvgIpc) is 3.06. The first-order chi connectivity index (χ1) is 14.2. The van der Waals surface area contributed by atoms with Crippen LogP contribution < -0.4 is 4.72 Å². The molecule has 1 fully saturated rings. The van der Waals surface area contributed by atoms with Gasteiger partial charge in [0.05, 0.1) is 5.02 Å². The van der Waals surface area contributed by atoms with Gasteiger partial charge < -0.3 is 5.11 Å². The van der Waals surface area contributed by atoms with Gasteiger partial charge in [-0.3, -0.25) is 4.79 Å². The normalized spacial score (nSPS) is 23.3. The highest BCUT2D eigenvalue weighted by molar-refractivity contribution is 7.91.